The molecule has 1 N–H and O–H groups in total. The maximum Gasteiger partial charge on any atom is 0.416 e. The van der Waals surface area contributed by atoms with E-state index in [2.05, 4.69) is 5.43 Å². The lowest BCUT2D eigenvalue weighted by atomic mass is 9.75. The van der Waals surface area contributed by atoms with Gasteiger partial charge in [0.2, 0.25) is 12.2 Å². The lowest BCUT2D eigenvalue weighted by Gasteiger charge is -2.55. The van der Waals surface area contributed by atoms with Gasteiger partial charge in [0, 0.05) is 0 Å². The first-order chi connectivity index (χ1) is 18.6. The first kappa shape index (κ1) is 27.0. The van der Waals surface area contributed by atoms with E-state index >= 15 is 0 Å². The Balaban J connectivity index is 1.31. The highest BCUT2D eigenvalue weighted by atomic mass is 19.4. The Morgan fingerprint density at radius 3 is 2.54 bits per heavy atom. The molecule has 1 aliphatic carbocycles. The highest BCUT2D eigenvalue weighted by Crippen LogP contribution is 2.54. The van der Waals surface area contributed by atoms with E-state index in [0.717, 1.165) is 17.7 Å². The molecule has 3 aliphatic heterocycles. The third-order valence-corrected chi connectivity index (χ3v) is 7.18. The molecule has 0 radical (unpaired) electrons. The number of rotatable bonds is 9. The highest BCUT2D eigenvalue weighted by Gasteiger charge is 2.71. The van der Waals surface area contributed by atoms with Crippen LogP contribution in [0.4, 0.5) is 18.9 Å². The molecule has 2 bridgehead atoms. The van der Waals surface area contributed by atoms with Gasteiger partial charge in [-0.15, -0.1) is 0 Å². The molecule has 11 heteroatoms. The molecule has 3 saturated heterocycles. The topological polar surface area (TPSA) is 72.5 Å². The SMILES string of the molecule is CCOC(=O)COc1ccc(OCC2(C34NN(c5ccc(C(F)(F)F)cc5)C(O3)N4C)C=CC=CC2)cc1C. The van der Waals surface area contributed by atoms with Gasteiger partial charge < -0.3 is 18.9 Å². The van der Waals surface area contributed by atoms with Gasteiger partial charge in [0.15, 0.2) is 6.61 Å². The molecule has 208 valence electrons. The number of allylic oxidation sites excluding steroid dienone is 3. The molecule has 2 aromatic rings. The van der Waals surface area contributed by atoms with Crippen LogP contribution in [-0.4, -0.2) is 49.9 Å². The number of fused-ring (bicyclic) bond motifs is 1. The van der Waals surface area contributed by atoms with Gasteiger partial charge in [-0.05, 0) is 75.3 Å². The van der Waals surface area contributed by atoms with E-state index in [0.29, 0.717) is 23.6 Å². The van der Waals surface area contributed by atoms with Crippen LogP contribution in [0.15, 0.2) is 66.8 Å². The van der Waals surface area contributed by atoms with Crippen molar-refractivity contribution in [2.45, 2.75) is 38.6 Å². The van der Waals surface area contributed by atoms with Gasteiger partial charge in [-0.3, -0.25) is 5.01 Å². The first-order valence-electron chi connectivity index (χ1n) is 12.6. The van der Waals surface area contributed by atoms with Crippen LogP contribution in [0.2, 0.25) is 0 Å². The molecular weight excluding hydrogens is 515 g/mol. The molecule has 3 atom stereocenters. The third-order valence-electron chi connectivity index (χ3n) is 7.18. The van der Waals surface area contributed by atoms with Crippen molar-refractivity contribution < 1.29 is 36.9 Å². The maximum absolute atomic E-state index is 13.1. The van der Waals surface area contributed by atoms with Crippen LogP contribution in [0.3, 0.4) is 0 Å². The fourth-order valence-corrected chi connectivity index (χ4v) is 5.10. The summed E-state index contributed by atoms with van der Waals surface area (Å²) in [4.78, 5) is 13.6. The number of hydrogen-bond acceptors (Lipinski definition) is 8. The minimum atomic E-state index is -4.40. The second-order valence-electron chi connectivity index (χ2n) is 9.68. The molecule has 39 heavy (non-hydrogen) atoms. The van der Waals surface area contributed by atoms with Crippen molar-refractivity contribution in [3.8, 4) is 11.5 Å². The van der Waals surface area contributed by atoms with Gasteiger partial charge >= 0.3 is 12.1 Å². The lowest BCUT2D eigenvalue weighted by molar-refractivity contribution is -0.348. The fraction of sp³-hybridized carbons (Fsp3) is 0.393. The normalized spacial score (nSPS) is 25.9. The van der Waals surface area contributed by atoms with E-state index in [9.17, 15) is 18.0 Å². The number of esters is 1. The van der Waals surface area contributed by atoms with Gasteiger partial charge in [-0.25, -0.2) is 9.69 Å². The molecule has 0 spiro atoms. The van der Waals surface area contributed by atoms with Crippen molar-refractivity contribution in [3.63, 3.8) is 0 Å². The minimum Gasteiger partial charge on any atom is -0.492 e. The number of ether oxygens (including phenoxy) is 4. The molecule has 6 rings (SSSR count). The van der Waals surface area contributed by atoms with E-state index in [1.165, 1.54) is 12.1 Å². The van der Waals surface area contributed by atoms with E-state index in [4.69, 9.17) is 18.9 Å². The predicted octanol–water partition coefficient (Wildman–Crippen LogP) is 4.76. The second kappa shape index (κ2) is 10.2. The zero-order valence-corrected chi connectivity index (χ0v) is 21.8. The van der Waals surface area contributed by atoms with Crippen LogP contribution in [0.25, 0.3) is 0 Å². The molecule has 3 heterocycles. The summed E-state index contributed by atoms with van der Waals surface area (Å²) >= 11 is 0. The third kappa shape index (κ3) is 4.86. The average Bonchev–Trinajstić information content (AvgIpc) is 3.47. The number of carbonyl (C=O) groups excluding carboxylic acids is 1. The number of hydrogen-bond donors (Lipinski definition) is 1. The Morgan fingerprint density at radius 2 is 1.92 bits per heavy atom. The summed E-state index contributed by atoms with van der Waals surface area (Å²) in [6, 6.07) is 10.3. The number of anilines is 1. The number of halogens is 3. The lowest BCUT2D eigenvalue weighted by Crippen LogP contribution is -2.73. The monoisotopic (exact) mass is 545 g/mol. The van der Waals surface area contributed by atoms with Crippen molar-refractivity contribution >= 4 is 11.7 Å². The largest absolute Gasteiger partial charge is 0.492 e. The molecule has 2 aromatic carbocycles. The summed E-state index contributed by atoms with van der Waals surface area (Å²) in [7, 11) is 1.90. The van der Waals surface area contributed by atoms with Crippen molar-refractivity contribution in [1.29, 1.82) is 0 Å². The molecule has 8 nitrogen and oxygen atoms in total. The summed E-state index contributed by atoms with van der Waals surface area (Å²) in [5, 5.41) is 1.73. The summed E-state index contributed by atoms with van der Waals surface area (Å²) in [5.41, 5.74) is 3.39. The fourth-order valence-electron chi connectivity index (χ4n) is 5.10. The highest BCUT2D eigenvalue weighted by molar-refractivity contribution is 5.71. The van der Waals surface area contributed by atoms with Crippen LogP contribution >= 0.6 is 0 Å². The van der Waals surface area contributed by atoms with Crippen molar-refractivity contribution in [1.82, 2.24) is 10.3 Å². The quantitative estimate of drug-likeness (QED) is 0.453. The van der Waals surface area contributed by atoms with Crippen LogP contribution in [0, 0.1) is 12.3 Å². The van der Waals surface area contributed by atoms with Crippen LogP contribution in [0.5, 0.6) is 11.5 Å². The van der Waals surface area contributed by atoms with Gasteiger partial charge in [-0.2, -0.15) is 18.6 Å². The van der Waals surface area contributed by atoms with Crippen LogP contribution in [-0.2, 0) is 20.4 Å². The number of aryl methyl sites for hydroxylation is 1. The van der Waals surface area contributed by atoms with Crippen LogP contribution < -0.4 is 19.9 Å². The van der Waals surface area contributed by atoms with Gasteiger partial charge in [0.05, 0.1) is 23.3 Å². The number of nitrogens with zero attached hydrogens (tertiary/aromatic N) is 2. The Labute approximate surface area is 224 Å². The number of nitrogens with one attached hydrogen (secondary N) is 1. The first-order valence-corrected chi connectivity index (χ1v) is 12.6. The predicted molar refractivity (Wildman–Crippen MR) is 137 cm³/mol. The average molecular weight is 546 g/mol. The number of alkyl halides is 3. The number of carbonyl (C=O) groups is 1. The summed E-state index contributed by atoms with van der Waals surface area (Å²) in [5.74, 6) is -0.239. The van der Waals surface area contributed by atoms with E-state index in [-0.39, 0.29) is 19.8 Å². The molecule has 0 amide bonds. The summed E-state index contributed by atoms with van der Waals surface area (Å²) in [6.07, 6.45) is 3.66. The summed E-state index contributed by atoms with van der Waals surface area (Å²) in [6.45, 7) is 3.96. The van der Waals surface area contributed by atoms with E-state index < -0.39 is 35.3 Å². The number of hydrazine groups is 1. The molecular formula is C28H30F3N3O5. The zero-order chi connectivity index (χ0) is 27.8. The molecule has 4 aliphatic rings. The van der Waals surface area contributed by atoms with Gasteiger partial charge in [0.1, 0.15) is 18.1 Å². The Bertz CT molecular complexity index is 1280. The smallest absolute Gasteiger partial charge is 0.416 e. The maximum atomic E-state index is 13.1. The second-order valence-corrected chi connectivity index (χ2v) is 9.68. The molecule has 3 fully saturated rings. The van der Waals surface area contributed by atoms with E-state index in [1.807, 2.05) is 49.2 Å². The Morgan fingerprint density at radius 1 is 1.15 bits per heavy atom. The van der Waals surface area contributed by atoms with Crippen molar-refractivity contribution in [2.24, 2.45) is 5.41 Å². The van der Waals surface area contributed by atoms with Crippen molar-refractivity contribution in [3.05, 3.63) is 77.9 Å². The molecule has 3 unspecified atom stereocenters. The Kier molecular flexibility index (Phi) is 7.08. The molecule has 0 saturated carbocycles. The van der Waals surface area contributed by atoms with Gasteiger partial charge in [0.25, 0.3) is 0 Å². The minimum absolute atomic E-state index is 0.177. The number of benzene rings is 2. The van der Waals surface area contributed by atoms with Gasteiger partial charge in [-0.1, -0.05) is 24.3 Å². The molecule has 0 aromatic heterocycles. The standard InChI is InChI=1S/C28H30F3N3O5/c1-4-36-24(35)17-37-23-13-12-22(16-19(23)2)38-18-26(14-6-5-7-15-26)28-32-34(25(39-28)33(28)3)21-10-8-20(9-11-21)27(29,30)31/h5-14,16,25,32H,4,15,17-18H2,1-3H3. The van der Waals surface area contributed by atoms with Crippen molar-refractivity contribution in [2.75, 3.05) is 31.9 Å². The van der Waals surface area contributed by atoms with E-state index in [1.54, 1.807) is 24.1 Å². The zero-order valence-electron chi connectivity index (χ0n) is 21.8. The van der Waals surface area contributed by atoms with Crippen LogP contribution in [0.1, 0.15) is 24.5 Å². The summed E-state index contributed by atoms with van der Waals surface area (Å²) < 4.78 is 62.2. The Hall–Kier alpha value is -3.54.